The smallest absolute Gasteiger partial charge is 0.345 e. The lowest BCUT2D eigenvalue weighted by molar-refractivity contribution is -0.380. The number of aromatic nitrogens is 1. The molecule has 3 rings (SSSR count). The fourth-order valence-corrected chi connectivity index (χ4v) is 4.16. The standard InChI is InChI=1S/C19H24N6O3S/c1-3-24(14-7-5-4-6-8-14)15-9-10-16(17(11-15)21-13(2)26)22-23-19-20-12-18(29-19)25(27)28/h9-12,14H,3-8H2,1-2H3,(H,21,26)/b23-22+. The molecule has 1 aliphatic rings. The largest absolute Gasteiger partial charge is 0.369 e. The van der Waals surface area contributed by atoms with Crippen molar-refractivity contribution < 1.29 is 9.72 Å². The van der Waals surface area contributed by atoms with Crippen molar-refractivity contribution in [2.75, 3.05) is 16.8 Å². The molecule has 0 spiro atoms. The molecule has 0 radical (unpaired) electrons. The number of azo groups is 1. The zero-order valence-electron chi connectivity index (χ0n) is 16.5. The van der Waals surface area contributed by atoms with Gasteiger partial charge in [0.05, 0.1) is 10.6 Å². The quantitative estimate of drug-likeness (QED) is 0.359. The molecule has 0 saturated heterocycles. The van der Waals surface area contributed by atoms with E-state index in [2.05, 4.69) is 32.4 Å². The van der Waals surface area contributed by atoms with Crippen LogP contribution in [0.15, 0.2) is 34.6 Å². The number of nitro groups is 1. The highest BCUT2D eigenvalue weighted by Crippen LogP contribution is 2.35. The summed E-state index contributed by atoms with van der Waals surface area (Å²) in [5.41, 5.74) is 2.06. The molecule has 0 unspecified atom stereocenters. The molecule has 1 heterocycles. The van der Waals surface area contributed by atoms with Crippen molar-refractivity contribution in [3.8, 4) is 0 Å². The van der Waals surface area contributed by atoms with E-state index < -0.39 is 4.92 Å². The first-order chi connectivity index (χ1) is 14.0. The number of hydrogen-bond donors (Lipinski definition) is 1. The van der Waals surface area contributed by atoms with Crippen molar-refractivity contribution in [2.24, 2.45) is 10.2 Å². The third-order valence-corrected chi connectivity index (χ3v) is 5.72. The maximum Gasteiger partial charge on any atom is 0.345 e. The number of carbonyl (C=O) groups is 1. The van der Waals surface area contributed by atoms with E-state index in [1.807, 2.05) is 12.1 Å². The molecule has 1 saturated carbocycles. The first-order valence-corrected chi connectivity index (χ1v) is 10.5. The van der Waals surface area contributed by atoms with Gasteiger partial charge in [-0.3, -0.25) is 14.9 Å². The lowest BCUT2D eigenvalue weighted by Crippen LogP contribution is -2.36. The molecule has 29 heavy (non-hydrogen) atoms. The SMILES string of the molecule is CCN(c1ccc(/N=N/c2ncc([N+](=O)[O-])s2)c(NC(C)=O)c1)C1CCCCC1. The Morgan fingerprint density at radius 1 is 1.34 bits per heavy atom. The van der Waals surface area contributed by atoms with Crippen molar-refractivity contribution in [3.63, 3.8) is 0 Å². The van der Waals surface area contributed by atoms with Crippen LogP contribution in [0.3, 0.4) is 0 Å². The maximum absolute atomic E-state index is 11.7. The first-order valence-electron chi connectivity index (χ1n) is 9.68. The van der Waals surface area contributed by atoms with Crippen molar-refractivity contribution in [3.05, 3.63) is 34.5 Å². The van der Waals surface area contributed by atoms with Gasteiger partial charge in [-0.15, -0.1) is 10.2 Å². The van der Waals surface area contributed by atoms with Crippen LogP contribution in [0.4, 0.5) is 27.2 Å². The van der Waals surface area contributed by atoms with Crippen LogP contribution in [0, 0.1) is 10.1 Å². The minimum atomic E-state index is -0.515. The van der Waals surface area contributed by atoms with Gasteiger partial charge >= 0.3 is 5.00 Å². The highest BCUT2D eigenvalue weighted by molar-refractivity contribution is 7.18. The maximum atomic E-state index is 11.7. The summed E-state index contributed by atoms with van der Waals surface area (Å²) in [5, 5.41) is 21.8. The summed E-state index contributed by atoms with van der Waals surface area (Å²) < 4.78 is 0. The van der Waals surface area contributed by atoms with Crippen LogP contribution in [0.2, 0.25) is 0 Å². The predicted molar refractivity (Wildman–Crippen MR) is 114 cm³/mol. The molecule has 0 atom stereocenters. The fourth-order valence-electron chi connectivity index (χ4n) is 3.61. The molecule has 2 aromatic rings. The Kier molecular flexibility index (Phi) is 6.86. The number of thiazole rings is 1. The summed E-state index contributed by atoms with van der Waals surface area (Å²) >= 11 is 0.844. The van der Waals surface area contributed by atoms with E-state index in [1.54, 1.807) is 6.07 Å². The molecule has 1 amide bonds. The summed E-state index contributed by atoms with van der Waals surface area (Å²) in [6.45, 7) is 4.46. The molecule has 154 valence electrons. The first kappa shape index (κ1) is 20.8. The molecule has 0 aliphatic heterocycles. The van der Waals surface area contributed by atoms with Crippen LogP contribution < -0.4 is 10.2 Å². The van der Waals surface area contributed by atoms with Crippen LogP contribution in [0.25, 0.3) is 0 Å². The number of nitrogens with one attached hydrogen (secondary N) is 1. The number of hydrogen-bond acceptors (Lipinski definition) is 8. The molecule has 1 fully saturated rings. The number of nitrogens with zero attached hydrogens (tertiary/aromatic N) is 5. The van der Waals surface area contributed by atoms with Gasteiger partial charge < -0.3 is 10.2 Å². The Hall–Kier alpha value is -2.88. The second-order valence-corrected chi connectivity index (χ2v) is 7.89. The molecule has 1 aromatic heterocycles. The number of anilines is 2. The second-order valence-electron chi connectivity index (χ2n) is 6.90. The van der Waals surface area contributed by atoms with Crippen LogP contribution in [0.5, 0.6) is 0 Å². The Labute approximate surface area is 173 Å². The van der Waals surface area contributed by atoms with Crippen LogP contribution in [0.1, 0.15) is 46.0 Å². The third-order valence-electron chi connectivity index (χ3n) is 4.88. The zero-order chi connectivity index (χ0) is 20.8. The number of amides is 1. The van der Waals surface area contributed by atoms with Gasteiger partial charge in [0, 0.05) is 25.2 Å². The number of carbonyl (C=O) groups excluding carboxylic acids is 1. The van der Waals surface area contributed by atoms with E-state index in [9.17, 15) is 14.9 Å². The highest BCUT2D eigenvalue weighted by atomic mass is 32.1. The van der Waals surface area contributed by atoms with Gasteiger partial charge in [0.2, 0.25) is 11.0 Å². The minimum Gasteiger partial charge on any atom is -0.369 e. The Morgan fingerprint density at radius 3 is 2.72 bits per heavy atom. The Bertz CT molecular complexity index is 907. The van der Waals surface area contributed by atoms with Crippen molar-refractivity contribution in [1.29, 1.82) is 0 Å². The molecular formula is C19H24N6O3S. The molecule has 1 N–H and O–H groups in total. The van der Waals surface area contributed by atoms with Crippen molar-refractivity contribution >= 4 is 44.4 Å². The van der Waals surface area contributed by atoms with Gasteiger partial charge in [-0.25, -0.2) is 4.98 Å². The van der Waals surface area contributed by atoms with Gasteiger partial charge in [-0.1, -0.05) is 19.3 Å². The van der Waals surface area contributed by atoms with Crippen LogP contribution >= 0.6 is 11.3 Å². The van der Waals surface area contributed by atoms with Gasteiger partial charge in [-0.2, -0.15) is 0 Å². The van der Waals surface area contributed by atoms with E-state index in [4.69, 9.17) is 0 Å². The Morgan fingerprint density at radius 2 is 2.10 bits per heavy atom. The topological polar surface area (TPSA) is 113 Å². The van der Waals surface area contributed by atoms with Crippen LogP contribution in [-0.4, -0.2) is 28.4 Å². The summed E-state index contributed by atoms with van der Waals surface area (Å²) in [6, 6.07) is 6.19. The van der Waals surface area contributed by atoms with Gasteiger partial charge in [0.15, 0.2) is 0 Å². The van der Waals surface area contributed by atoms with E-state index in [0.717, 1.165) is 29.8 Å². The van der Waals surface area contributed by atoms with Gasteiger partial charge in [0.1, 0.15) is 11.9 Å². The molecule has 1 aromatic carbocycles. The lowest BCUT2D eigenvalue weighted by Gasteiger charge is -2.35. The predicted octanol–water partition coefficient (Wildman–Crippen LogP) is 5.58. The average Bonchev–Trinajstić information content (AvgIpc) is 3.18. The number of rotatable bonds is 7. The second kappa shape index (κ2) is 9.55. The third kappa shape index (κ3) is 5.35. The Balaban J connectivity index is 1.87. The van der Waals surface area contributed by atoms with Gasteiger partial charge in [-0.05, 0) is 49.3 Å². The minimum absolute atomic E-state index is 0.0950. The summed E-state index contributed by atoms with van der Waals surface area (Å²) in [5.74, 6) is -0.204. The van der Waals surface area contributed by atoms with E-state index >= 15 is 0 Å². The van der Waals surface area contributed by atoms with Crippen LogP contribution in [-0.2, 0) is 4.79 Å². The van der Waals surface area contributed by atoms with Crippen molar-refractivity contribution in [1.82, 2.24) is 4.98 Å². The van der Waals surface area contributed by atoms with E-state index in [-0.39, 0.29) is 16.0 Å². The highest BCUT2D eigenvalue weighted by Gasteiger charge is 2.21. The normalized spacial score (nSPS) is 14.8. The molecule has 0 bridgehead atoms. The molecule has 10 heteroatoms. The summed E-state index contributed by atoms with van der Waals surface area (Å²) in [6.07, 6.45) is 7.28. The summed E-state index contributed by atoms with van der Waals surface area (Å²) in [7, 11) is 0. The zero-order valence-corrected chi connectivity index (χ0v) is 17.3. The molecule has 9 nitrogen and oxygen atoms in total. The van der Waals surface area contributed by atoms with E-state index in [0.29, 0.717) is 17.4 Å². The van der Waals surface area contributed by atoms with Gasteiger partial charge in [0.25, 0.3) is 0 Å². The average molecular weight is 417 g/mol. The summed E-state index contributed by atoms with van der Waals surface area (Å²) in [4.78, 5) is 28.2. The fraction of sp³-hybridized carbons (Fsp3) is 0.474. The van der Waals surface area contributed by atoms with Crippen molar-refractivity contribution in [2.45, 2.75) is 52.0 Å². The number of benzene rings is 1. The monoisotopic (exact) mass is 416 g/mol. The molecule has 1 aliphatic carbocycles. The lowest BCUT2D eigenvalue weighted by atomic mass is 9.93. The molecular weight excluding hydrogens is 392 g/mol. The van der Waals surface area contributed by atoms with E-state index in [1.165, 1.54) is 39.0 Å².